The van der Waals surface area contributed by atoms with Gasteiger partial charge in [-0.25, -0.2) is 4.39 Å². The van der Waals surface area contributed by atoms with Crippen molar-refractivity contribution in [3.05, 3.63) is 34.6 Å². The average Bonchev–Trinajstić information content (AvgIpc) is 2.82. The molecule has 0 bridgehead atoms. The summed E-state index contributed by atoms with van der Waals surface area (Å²) in [5, 5.41) is 3.93. The number of halogens is 2. The van der Waals surface area contributed by atoms with Crippen LogP contribution in [0.5, 0.6) is 0 Å². The second-order valence-electron chi connectivity index (χ2n) is 6.03. The molecule has 2 heterocycles. The number of nitrogens with one attached hydrogen (secondary N) is 1. The van der Waals surface area contributed by atoms with E-state index < -0.39 is 0 Å². The average molecular weight is 314 g/mol. The summed E-state index contributed by atoms with van der Waals surface area (Å²) in [7, 11) is 0. The van der Waals surface area contributed by atoms with E-state index in [1.165, 1.54) is 6.07 Å². The van der Waals surface area contributed by atoms with E-state index in [1.807, 2.05) is 6.92 Å². The summed E-state index contributed by atoms with van der Waals surface area (Å²) in [6.45, 7) is 4.14. The van der Waals surface area contributed by atoms with Crippen LogP contribution in [0, 0.1) is 5.82 Å². The Balaban J connectivity index is 1.65. The molecule has 1 aromatic rings. The third kappa shape index (κ3) is 3.24. The van der Waals surface area contributed by atoms with Crippen molar-refractivity contribution in [2.45, 2.75) is 43.9 Å². The summed E-state index contributed by atoms with van der Waals surface area (Å²) in [4.78, 5) is 0. The Morgan fingerprint density at radius 3 is 2.86 bits per heavy atom. The summed E-state index contributed by atoms with van der Waals surface area (Å²) in [6, 6.07) is 4.90. The van der Waals surface area contributed by atoms with Crippen molar-refractivity contribution in [3.63, 3.8) is 0 Å². The van der Waals surface area contributed by atoms with Crippen LogP contribution in [0.15, 0.2) is 18.2 Å². The maximum absolute atomic E-state index is 14.0. The van der Waals surface area contributed by atoms with E-state index in [0.29, 0.717) is 17.2 Å². The second-order valence-corrected chi connectivity index (χ2v) is 6.44. The highest BCUT2D eigenvalue weighted by Crippen LogP contribution is 2.36. The molecule has 2 aliphatic heterocycles. The van der Waals surface area contributed by atoms with E-state index in [9.17, 15) is 4.39 Å². The molecule has 2 aliphatic rings. The highest BCUT2D eigenvalue weighted by molar-refractivity contribution is 6.31. The van der Waals surface area contributed by atoms with Gasteiger partial charge in [-0.2, -0.15) is 0 Å². The predicted octanol–water partition coefficient (Wildman–Crippen LogP) is 3.47. The van der Waals surface area contributed by atoms with Crippen LogP contribution in [0.3, 0.4) is 0 Å². The van der Waals surface area contributed by atoms with Gasteiger partial charge in [-0.1, -0.05) is 17.7 Å². The molecule has 2 unspecified atom stereocenters. The third-order valence-electron chi connectivity index (χ3n) is 4.53. The minimum atomic E-state index is -0.262. The van der Waals surface area contributed by atoms with Crippen LogP contribution in [0.1, 0.15) is 37.8 Å². The van der Waals surface area contributed by atoms with Crippen molar-refractivity contribution in [3.8, 4) is 0 Å². The molecule has 0 saturated carbocycles. The van der Waals surface area contributed by atoms with Gasteiger partial charge in [-0.15, -0.1) is 0 Å². The van der Waals surface area contributed by atoms with Crippen molar-refractivity contribution in [1.29, 1.82) is 0 Å². The molecule has 3 nitrogen and oxygen atoms in total. The van der Waals surface area contributed by atoms with Crippen LogP contribution in [-0.4, -0.2) is 31.5 Å². The van der Waals surface area contributed by atoms with Gasteiger partial charge in [0.05, 0.1) is 12.2 Å². The first-order chi connectivity index (χ1) is 10.1. The largest absolute Gasteiger partial charge is 0.381 e. The van der Waals surface area contributed by atoms with Gasteiger partial charge in [-0.05, 0) is 38.3 Å². The molecule has 116 valence electrons. The quantitative estimate of drug-likeness (QED) is 0.927. The molecule has 1 aromatic carbocycles. The molecule has 0 amide bonds. The lowest BCUT2D eigenvalue weighted by Gasteiger charge is -2.32. The molecule has 0 aliphatic carbocycles. The van der Waals surface area contributed by atoms with Crippen LogP contribution in [0.4, 0.5) is 4.39 Å². The SMILES string of the molecule is CC(NC1COC2(CCOCC2)C1)c1c(F)cccc1Cl. The molecule has 5 heteroatoms. The summed E-state index contributed by atoms with van der Waals surface area (Å²) < 4.78 is 25.4. The van der Waals surface area contributed by atoms with Gasteiger partial charge in [0, 0.05) is 35.9 Å². The van der Waals surface area contributed by atoms with Crippen molar-refractivity contribution in [2.75, 3.05) is 19.8 Å². The van der Waals surface area contributed by atoms with E-state index in [-0.39, 0.29) is 23.5 Å². The first-order valence-corrected chi connectivity index (χ1v) is 7.89. The maximum Gasteiger partial charge on any atom is 0.129 e. The Hall–Kier alpha value is -0.680. The Bertz CT molecular complexity index is 485. The van der Waals surface area contributed by atoms with Gasteiger partial charge in [0.2, 0.25) is 0 Å². The standard InChI is InChI=1S/C16H21ClFNO2/c1-11(15-13(17)3-2-4-14(15)18)19-12-9-16(21-10-12)5-7-20-8-6-16/h2-4,11-12,19H,5-10H2,1H3. The van der Waals surface area contributed by atoms with Crippen LogP contribution >= 0.6 is 11.6 Å². The monoisotopic (exact) mass is 313 g/mol. The molecule has 2 saturated heterocycles. The van der Waals surface area contributed by atoms with E-state index in [2.05, 4.69) is 5.32 Å². The molecule has 2 fully saturated rings. The topological polar surface area (TPSA) is 30.5 Å². The molecule has 2 atom stereocenters. The predicted molar refractivity (Wildman–Crippen MR) is 80.1 cm³/mol. The number of rotatable bonds is 3. The molecular weight excluding hydrogens is 293 g/mol. The zero-order chi connectivity index (χ0) is 14.9. The first-order valence-electron chi connectivity index (χ1n) is 7.51. The van der Waals surface area contributed by atoms with Gasteiger partial charge in [-0.3, -0.25) is 0 Å². The van der Waals surface area contributed by atoms with Crippen molar-refractivity contribution in [2.24, 2.45) is 0 Å². The minimum Gasteiger partial charge on any atom is -0.381 e. The molecule has 1 N–H and O–H groups in total. The Labute approximate surface area is 129 Å². The van der Waals surface area contributed by atoms with Crippen molar-refractivity contribution >= 4 is 11.6 Å². The molecule has 0 aromatic heterocycles. The number of hydrogen-bond donors (Lipinski definition) is 1. The van der Waals surface area contributed by atoms with Gasteiger partial charge >= 0.3 is 0 Å². The highest BCUT2D eigenvalue weighted by Gasteiger charge is 2.41. The van der Waals surface area contributed by atoms with Crippen LogP contribution in [0.25, 0.3) is 0 Å². The lowest BCUT2D eigenvalue weighted by atomic mass is 9.89. The van der Waals surface area contributed by atoms with Gasteiger partial charge in [0.25, 0.3) is 0 Å². The van der Waals surface area contributed by atoms with E-state index in [0.717, 1.165) is 32.5 Å². The van der Waals surface area contributed by atoms with Gasteiger partial charge in [0.15, 0.2) is 0 Å². The Kier molecular flexibility index (Phi) is 4.50. The zero-order valence-corrected chi connectivity index (χ0v) is 13.0. The number of ether oxygens (including phenoxy) is 2. The second kappa shape index (κ2) is 6.21. The summed E-state index contributed by atoms with van der Waals surface area (Å²) in [6.07, 6.45) is 2.84. The normalized spacial score (nSPS) is 26.1. The minimum absolute atomic E-state index is 0.0470. The number of hydrogen-bond acceptors (Lipinski definition) is 3. The van der Waals surface area contributed by atoms with E-state index >= 15 is 0 Å². The molecule has 1 spiro atoms. The smallest absolute Gasteiger partial charge is 0.129 e. The lowest BCUT2D eigenvalue weighted by Crippen LogP contribution is -2.38. The first kappa shape index (κ1) is 15.2. The fourth-order valence-corrected chi connectivity index (χ4v) is 3.73. The van der Waals surface area contributed by atoms with Crippen LogP contribution in [0.2, 0.25) is 5.02 Å². The molecular formula is C16H21ClFNO2. The summed E-state index contributed by atoms with van der Waals surface area (Å²) >= 11 is 6.12. The van der Waals surface area contributed by atoms with Gasteiger partial charge < -0.3 is 14.8 Å². The fraction of sp³-hybridized carbons (Fsp3) is 0.625. The van der Waals surface area contributed by atoms with Gasteiger partial charge in [0.1, 0.15) is 5.82 Å². The van der Waals surface area contributed by atoms with Crippen LogP contribution < -0.4 is 5.32 Å². The van der Waals surface area contributed by atoms with Crippen molar-refractivity contribution < 1.29 is 13.9 Å². The van der Waals surface area contributed by atoms with Crippen LogP contribution in [-0.2, 0) is 9.47 Å². The molecule has 0 radical (unpaired) electrons. The van der Waals surface area contributed by atoms with E-state index in [1.54, 1.807) is 12.1 Å². The molecule has 3 rings (SSSR count). The summed E-state index contributed by atoms with van der Waals surface area (Å²) in [5.74, 6) is -0.262. The van der Waals surface area contributed by atoms with E-state index in [4.69, 9.17) is 21.1 Å². The molecule has 21 heavy (non-hydrogen) atoms. The fourth-order valence-electron chi connectivity index (χ4n) is 3.40. The Morgan fingerprint density at radius 2 is 2.14 bits per heavy atom. The lowest BCUT2D eigenvalue weighted by molar-refractivity contribution is -0.0777. The number of benzene rings is 1. The zero-order valence-electron chi connectivity index (χ0n) is 12.2. The van der Waals surface area contributed by atoms with Crippen molar-refractivity contribution in [1.82, 2.24) is 5.32 Å². The maximum atomic E-state index is 14.0. The summed E-state index contributed by atoms with van der Waals surface area (Å²) in [5.41, 5.74) is 0.487. The third-order valence-corrected chi connectivity index (χ3v) is 4.86. The Morgan fingerprint density at radius 1 is 1.38 bits per heavy atom. The highest BCUT2D eigenvalue weighted by atomic mass is 35.5.